The summed E-state index contributed by atoms with van der Waals surface area (Å²) < 4.78 is 11.2. The van der Waals surface area contributed by atoms with Crippen molar-refractivity contribution in [2.24, 2.45) is 0 Å². The van der Waals surface area contributed by atoms with Gasteiger partial charge < -0.3 is 9.47 Å². The zero-order valence-corrected chi connectivity index (χ0v) is 17.8. The van der Waals surface area contributed by atoms with Crippen molar-refractivity contribution in [1.29, 1.82) is 5.26 Å². The molecule has 3 aromatic rings. The molecule has 0 N–H and O–H groups in total. The van der Waals surface area contributed by atoms with Crippen LogP contribution in [-0.2, 0) is 11.2 Å². The van der Waals surface area contributed by atoms with E-state index in [2.05, 4.69) is 31.8 Å². The molecule has 3 rings (SSSR count). The second kappa shape index (κ2) is 8.97. The van der Waals surface area contributed by atoms with Gasteiger partial charge in [0.05, 0.1) is 24.4 Å². The normalized spacial score (nSPS) is 11.0. The number of hydrogen-bond acceptors (Lipinski definition) is 6. The smallest absolute Gasteiger partial charge is 0.223 e. The monoisotopic (exact) mass is 405 g/mol. The van der Waals surface area contributed by atoms with E-state index in [0.29, 0.717) is 28.1 Å². The average Bonchev–Trinajstić information content (AvgIpc) is 2.72. The Kier molecular flexibility index (Phi) is 6.40. The molecule has 29 heavy (non-hydrogen) atoms. The molecule has 0 unspecified atom stereocenters. The minimum atomic E-state index is -0.152. The number of thioether (sulfide) groups is 1. The van der Waals surface area contributed by atoms with Gasteiger partial charge in [0.2, 0.25) is 5.88 Å². The maximum atomic E-state index is 9.29. The highest BCUT2D eigenvalue weighted by Gasteiger charge is 2.19. The Balaban J connectivity index is 1.86. The first-order chi connectivity index (χ1) is 13.9. The highest BCUT2D eigenvalue weighted by atomic mass is 32.2. The molecule has 6 heteroatoms. The van der Waals surface area contributed by atoms with E-state index in [1.165, 1.54) is 11.8 Å². The fraction of sp³-hybridized carbons (Fsp3) is 0.261. The van der Waals surface area contributed by atoms with Crippen molar-refractivity contribution >= 4 is 11.8 Å². The highest BCUT2D eigenvalue weighted by molar-refractivity contribution is 7.98. The first-order valence-electron chi connectivity index (χ1n) is 9.21. The standard InChI is InChI=1S/C23H23N3O2S/c1-23(2,3)20-13-21(28-19-11-9-18(27-4)10-12-19)26-22(25-20)29-15-17-8-6-5-7-16(17)14-24/h5-13H,15H2,1-4H3. The van der Waals surface area contributed by atoms with E-state index in [4.69, 9.17) is 14.5 Å². The molecule has 1 aromatic heterocycles. The molecular formula is C23H23N3O2S. The van der Waals surface area contributed by atoms with Crippen LogP contribution in [0.1, 0.15) is 37.6 Å². The van der Waals surface area contributed by atoms with Crippen LogP contribution in [0.25, 0.3) is 0 Å². The maximum Gasteiger partial charge on any atom is 0.223 e. The van der Waals surface area contributed by atoms with Gasteiger partial charge in [-0.1, -0.05) is 50.7 Å². The minimum Gasteiger partial charge on any atom is -0.497 e. The number of rotatable bonds is 6. The van der Waals surface area contributed by atoms with Gasteiger partial charge in [-0.15, -0.1) is 0 Å². The van der Waals surface area contributed by atoms with E-state index in [1.807, 2.05) is 54.6 Å². The van der Waals surface area contributed by atoms with E-state index in [-0.39, 0.29) is 5.41 Å². The second-order valence-corrected chi connectivity index (χ2v) is 8.40. The van der Waals surface area contributed by atoms with E-state index < -0.39 is 0 Å². The predicted octanol–water partition coefficient (Wildman–Crippen LogP) is 5.74. The fourth-order valence-electron chi connectivity index (χ4n) is 2.57. The summed E-state index contributed by atoms with van der Waals surface area (Å²) in [5.74, 6) is 2.54. The number of nitrogens with zero attached hydrogens (tertiary/aromatic N) is 3. The molecule has 5 nitrogen and oxygen atoms in total. The lowest BCUT2D eigenvalue weighted by Crippen LogP contribution is -2.14. The van der Waals surface area contributed by atoms with Gasteiger partial charge in [-0.3, -0.25) is 0 Å². The molecule has 0 amide bonds. The Morgan fingerprint density at radius 1 is 1.00 bits per heavy atom. The molecule has 0 aliphatic rings. The summed E-state index contributed by atoms with van der Waals surface area (Å²) in [4.78, 5) is 9.28. The molecule has 0 aliphatic heterocycles. The van der Waals surface area contributed by atoms with Crippen molar-refractivity contribution in [2.75, 3.05) is 7.11 Å². The van der Waals surface area contributed by atoms with Gasteiger partial charge in [-0.05, 0) is 35.9 Å². The molecule has 0 aliphatic carbocycles. The van der Waals surface area contributed by atoms with Crippen LogP contribution in [0.3, 0.4) is 0 Å². The van der Waals surface area contributed by atoms with Crippen molar-refractivity contribution in [2.45, 2.75) is 37.1 Å². The summed E-state index contributed by atoms with van der Waals surface area (Å²) >= 11 is 1.49. The zero-order chi connectivity index (χ0) is 20.9. The molecule has 0 bridgehead atoms. The van der Waals surface area contributed by atoms with Gasteiger partial charge in [0.15, 0.2) is 5.16 Å². The second-order valence-electron chi connectivity index (χ2n) is 7.46. The first-order valence-corrected chi connectivity index (χ1v) is 10.2. The quantitative estimate of drug-likeness (QED) is 0.385. The average molecular weight is 406 g/mol. The highest BCUT2D eigenvalue weighted by Crippen LogP contribution is 2.30. The summed E-state index contributed by atoms with van der Waals surface area (Å²) in [6.45, 7) is 6.31. The van der Waals surface area contributed by atoms with E-state index in [9.17, 15) is 5.26 Å². The third-order valence-electron chi connectivity index (χ3n) is 4.23. The molecule has 0 saturated heterocycles. The Morgan fingerprint density at radius 2 is 1.69 bits per heavy atom. The Morgan fingerprint density at radius 3 is 2.34 bits per heavy atom. The lowest BCUT2D eigenvalue weighted by Gasteiger charge is -2.19. The third-order valence-corrected chi connectivity index (χ3v) is 5.12. The largest absolute Gasteiger partial charge is 0.497 e. The Hall–Kier alpha value is -3.04. The molecule has 0 saturated carbocycles. The Bertz CT molecular complexity index is 1020. The Labute approximate surface area is 175 Å². The van der Waals surface area contributed by atoms with Gasteiger partial charge in [-0.25, -0.2) is 4.98 Å². The van der Waals surface area contributed by atoms with Crippen LogP contribution in [0.2, 0.25) is 0 Å². The number of hydrogen-bond donors (Lipinski definition) is 0. The van der Waals surface area contributed by atoms with Crippen LogP contribution in [-0.4, -0.2) is 17.1 Å². The van der Waals surface area contributed by atoms with E-state index in [0.717, 1.165) is 17.0 Å². The lowest BCUT2D eigenvalue weighted by molar-refractivity contribution is 0.411. The first kappa shape index (κ1) is 20.7. The lowest BCUT2D eigenvalue weighted by atomic mass is 9.92. The number of aromatic nitrogens is 2. The van der Waals surface area contributed by atoms with Crippen LogP contribution in [0.15, 0.2) is 59.8 Å². The SMILES string of the molecule is COc1ccc(Oc2cc(C(C)(C)C)nc(SCc3ccccc3C#N)n2)cc1. The summed E-state index contributed by atoms with van der Waals surface area (Å²) in [7, 11) is 1.63. The van der Waals surface area contributed by atoms with Crippen molar-refractivity contribution in [3.05, 3.63) is 71.4 Å². The van der Waals surface area contributed by atoms with Crippen LogP contribution in [0, 0.1) is 11.3 Å². The summed E-state index contributed by atoms with van der Waals surface area (Å²) in [5, 5.41) is 9.91. The maximum absolute atomic E-state index is 9.29. The predicted molar refractivity (Wildman–Crippen MR) is 115 cm³/mol. The molecule has 0 radical (unpaired) electrons. The molecule has 0 spiro atoms. The van der Waals surface area contributed by atoms with Crippen molar-refractivity contribution < 1.29 is 9.47 Å². The third kappa shape index (κ3) is 5.49. The molecule has 1 heterocycles. The number of methoxy groups -OCH3 is 1. The van der Waals surface area contributed by atoms with Crippen LogP contribution in [0.5, 0.6) is 17.4 Å². The van der Waals surface area contributed by atoms with Gasteiger partial charge in [-0.2, -0.15) is 10.2 Å². The number of benzene rings is 2. The van der Waals surface area contributed by atoms with E-state index >= 15 is 0 Å². The molecule has 148 valence electrons. The number of ether oxygens (including phenoxy) is 2. The van der Waals surface area contributed by atoms with Crippen LogP contribution < -0.4 is 9.47 Å². The zero-order valence-electron chi connectivity index (χ0n) is 17.0. The van der Waals surface area contributed by atoms with Gasteiger partial charge >= 0.3 is 0 Å². The van der Waals surface area contributed by atoms with Crippen molar-refractivity contribution in [1.82, 2.24) is 9.97 Å². The summed E-state index contributed by atoms with van der Waals surface area (Å²) in [6.07, 6.45) is 0. The summed E-state index contributed by atoms with van der Waals surface area (Å²) in [6, 6.07) is 19.0. The molecule has 2 aromatic carbocycles. The minimum absolute atomic E-state index is 0.152. The van der Waals surface area contributed by atoms with Crippen LogP contribution in [0.4, 0.5) is 0 Å². The molecular weight excluding hydrogens is 382 g/mol. The topological polar surface area (TPSA) is 68.0 Å². The van der Waals surface area contributed by atoms with Gasteiger partial charge in [0.1, 0.15) is 11.5 Å². The van der Waals surface area contributed by atoms with Crippen molar-refractivity contribution in [3.8, 4) is 23.4 Å². The molecule has 0 atom stereocenters. The molecule has 0 fully saturated rings. The van der Waals surface area contributed by atoms with Crippen LogP contribution >= 0.6 is 11.8 Å². The van der Waals surface area contributed by atoms with E-state index in [1.54, 1.807) is 7.11 Å². The number of nitriles is 1. The van der Waals surface area contributed by atoms with Gasteiger partial charge in [0.25, 0.3) is 0 Å². The van der Waals surface area contributed by atoms with Gasteiger partial charge in [0, 0.05) is 17.2 Å². The van der Waals surface area contributed by atoms with Crippen molar-refractivity contribution in [3.63, 3.8) is 0 Å². The fourth-order valence-corrected chi connectivity index (χ4v) is 3.42. The summed E-state index contributed by atoms with van der Waals surface area (Å²) in [5.41, 5.74) is 2.37.